The third-order valence-electron chi connectivity index (χ3n) is 4.45. The number of ether oxygens (including phenoxy) is 6. The molecule has 7 heteroatoms. The Kier molecular flexibility index (Phi) is 4.24. The van der Waals surface area contributed by atoms with Gasteiger partial charge in [-0.05, 0) is 50.1 Å². The van der Waals surface area contributed by atoms with E-state index in [1.165, 1.54) is 0 Å². The van der Waals surface area contributed by atoms with Crippen molar-refractivity contribution in [1.29, 1.82) is 0 Å². The summed E-state index contributed by atoms with van der Waals surface area (Å²) in [7, 11) is 0. The topological polar surface area (TPSA) is 55.4 Å². The van der Waals surface area contributed by atoms with Crippen LogP contribution in [0.2, 0.25) is 0 Å². The highest BCUT2D eigenvalue weighted by molar-refractivity contribution is 7.07. The van der Waals surface area contributed by atoms with Crippen molar-refractivity contribution in [3.05, 3.63) is 22.4 Å². The summed E-state index contributed by atoms with van der Waals surface area (Å²) >= 11 is 1.66. The normalized spacial score (nSPS) is 40.1. The predicted octanol–water partition coefficient (Wildman–Crippen LogP) is 2.66. The van der Waals surface area contributed by atoms with Gasteiger partial charge >= 0.3 is 0 Å². The lowest BCUT2D eigenvalue weighted by Gasteiger charge is -2.29. The number of hydrogen-bond acceptors (Lipinski definition) is 7. The van der Waals surface area contributed by atoms with Gasteiger partial charge in [0.05, 0.1) is 13.2 Å². The highest BCUT2D eigenvalue weighted by atomic mass is 32.1. The fraction of sp³-hybridized carbons (Fsp3) is 0.765. The van der Waals surface area contributed by atoms with Crippen molar-refractivity contribution in [3.63, 3.8) is 0 Å². The monoisotopic (exact) mass is 356 g/mol. The van der Waals surface area contributed by atoms with Gasteiger partial charge in [0.1, 0.15) is 24.4 Å². The van der Waals surface area contributed by atoms with Crippen LogP contribution in [0.5, 0.6) is 0 Å². The molecule has 0 unspecified atom stereocenters. The van der Waals surface area contributed by atoms with Crippen molar-refractivity contribution in [3.8, 4) is 0 Å². The Morgan fingerprint density at radius 1 is 1.12 bits per heavy atom. The van der Waals surface area contributed by atoms with E-state index in [0.29, 0.717) is 13.2 Å². The Labute approximate surface area is 145 Å². The van der Waals surface area contributed by atoms with Crippen LogP contribution in [0, 0.1) is 0 Å². The Morgan fingerprint density at radius 3 is 2.62 bits per heavy atom. The Hall–Kier alpha value is -0.540. The quantitative estimate of drug-likeness (QED) is 0.827. The van der Waals surface area contributed by atoms with Gasteiger partial charge in [-0.3, -0.25) is 0 Å². The molecule has 0 amide bonds. The predicted molar refractivity (Wildman–Crippen MR) is 86.5 cm³/mol. The molecule has 24 heavy (non-hydrogen) atoms. The summed E-state index contributed by atoms with van der Waals surface area (Å²) in [4.78, 5) is 0. The van der Waals surface area contributed by atoms with E-state index in [0.717, 1.165) is 5.56 Å². The van der Waals surface area contributed by atoms with E-state index in [-0.39, 0.29) is 24.4 Å². The highest BCUT2D eigenvalue weighted by Crippen LogP contribution is 2.42. The standard InChI is InChI=1S/C17H24O6S/c1-16(2)19-8-11(21-16)12-13(18-7-10-5-6-24-9-10)14-15(20-12)23-17(3,4)22-14/h5-6,9,11-15H,7-8H2,1-4H3/t11-,12-,13+,14-,15-/m1/s1. The Morgan fingerprint density at radius 2 is 1.96 bits per heavy atom. The Bertz CT molecular complexity index is 572. The molecule has 1 aromatic heterocycles. The summed E-state index contributed by atoms with van der Waals surface area (Å²) in [5.74, 6) is -1.28. The Balaban J connectivity index is 1.50. The highest BCUT2D eigenvalue weighted by Gasteiger charge is 2.58. The first kappa shape index (κ1) is 16.9. The summed E-state index contributed by atoms with van der Waals surface area (Å²) in [6.45, 7) is 8.56. The molecule has 6 nitrogen and oxygen atoms in total. The van der Waals surface area contributed by atoms with Crippen molar-refractivity contribution in [2.45, 2.75) is 76.6 Å². The summed E-state index contributed by atoms with van der Waals surface area (Å²) in [5.41, 5.74) is 1.14. The first-order chi connectivity index (χ1) is 11.3. The fourth-order valence-electron chi connectivity index (χ4n) is 3.44. The molecule has 5 atom stereocenters. The van der Waals surface area contributed by atoms with Crippen LogP contribution in [0.15, 0.2) is 16.8 Å². The molecule has 3 aliphatic heterocycles. The van der Waals surface area contributed by atoms with Crippen molar-refractivity contribution < 1.29 is 28.4 Å². The zero-order chi connectivity index (χ0) is 16.9. The molecule has 0 radical (unpaired) electrons. The third kappa shape index (κ3) is 3.26. The van der Waals surface area contributed by atoms with Gasteiger partial charge in [-0.15, -0.1) is 0 Å². The molecule has 134 valence electrons. The molecule has 0 bridgehead atoms. The summed E-state index contributed by atoms with van der Waals surface area (Å²) < 4.78 is 35.9. The van der Waals surface area contributed by atoms with Gasteiger partial charge in [0.15, 0.2) is 17.9 Å². The van der Waals surface area contributed by atoms with E-state index in [4.69, 9.17) is 28.4 Å². The van der Waals surface area contributed by atoms with Crippen molar-refractivity contribution in [2.75, 3.05) is 6.61 Å². The van der Waals surface area contributed by atoms with Crippen LogP contribution in [0.1, 0.15) is 33.3 Å². The maximum absolute atomic E-state index is 6.19. The second kappa shape index (κ2) is 6.02. The minimum atomic E-state index is -0.670. The molecule has 0 N–H and O–H groups in total. The van der Waals surface area contributed by atoms with Gasteiger partial charge < -0.3 is 28.4 Å². The average Bonchev–Trinajstić information content (AvgIpc) is 3.21. The third-order valence-corrected chi connectivity index (χ3v) is 5.18. The fourth-order valence-corrected chi connectivity index (χ4v) is 4.09. The molecule has 3 fully saturated rings. The first-order valence-electron chi connectivity index (χ1n) is 8.29. The van der Waals surface area contributed by atoms with E-state index < -0.39 is 17.9 Å². The van der Waals surface area contributed by atoms with Gasteiger partial charge in [-0.1, -0.05) is 0 Å². The average molecular weight is 356 g/mol. The molecule has 1 aromatic rings. The summed E-state index contributed by atoms with van der Waals surface area (Å²) in [6, 6.07) is 2.06. The van der Waals surface area contributed by atoms with Crippen LogP contribution in [0.4, 0.5) is 0 Å². The lowest BCUT2D eigenvalue weighted by atomic mass is 10.1. The minimum absolute atomic E-state index is 0.201. The minimum Gasteiger partial charge on any atom is -0.368 e. The molecule has 0 aromatic carbocycles. The first-order valence-corrected chi connectivity index (χ1v) is 9.23. The van der Waals surface area contributed by atoms with E-state index in [9.17, 15) is 0 Å². The van der Waals surface area contributed by atoms with Gasteiger partial charge in [0.2, 0.25) is 0 Å². The van der Waals surface area contributed by atoms with Crippen molar-refractivity contribution in [2.24, 2.45) is 0 Å². The van der Waals surface area contributed by atoms with Crippen LogP contribution in [0.3, 0.4) is 0 Å². The van der Waals surface area contributed by atoms with Crippen LogP contribution < -0.4 is 0 Å². The van der Waals surface area contributed by atoms with Crippen LogP contribution in [0.25, 0.3) is 0 Å². The summed E-state index contributed by atoms with van der Waals surface area (Å²) in [6.07, 6.45) is -1.45. The van der Waals surface area contributed by atoms with Crippen molar-refractivity contribution in [1.82, 2.24) is 0 Å². The molecular formula is C17H24O6S. The van der Waals surface area contributed by atoms with Crippen LogP contribution in [-0.4, -0.2) is 48.9 Å². The van der Waals surface area contributed by atoms with Crippen LogP contribution >= 0.6 is 11.3 Å². The smallest absolute Gasteiger partial charge is 0.190 e. The van der Waals surface area contributed by atoms with Gasteiger partial charge in [0.25, 0.3) is 0 Å². The van der Waals surface area contributed by atoms with Gasteiger partial charge in [0, 0.05) is 0 Å². The molecule has 0 spiro atoms. The SMILES string of the molecule is CC1(C)O[C@H]2O[C@H]([C@H]3COC(C)(C)O3)[C@H](OCc3ccsc3)[C@H]2O1. The lowest BCUT2D eigenvalue weighted by molar-refractivity contribution is -0.236. The van der Waals surface area contributed by atoms with Crippen LogP contribution in [-0.2, 0) is 35.0 Å². The second-order valence-electron chi connectivity index (χ2n) is 7.34. The second-order valence-corrected chi connectivity index (χ2v) is 8.12. The zero-order valence-corrected chi connectivity index (χ0v) is 15.2. The number of thiophene rings is 1. The molecule has 4 rings (SSSR count). The molecule has 3 aliphatic rings. The molecule has 0 aliphatic carbocycles. The lowest BCUT2D eigenvalue weighted by Crippen LogP contribution is -2.44. The van der Waals surface area contributed by atoms with E-state index in [1.807, 2.05) is 33.1 Å². The van der Waals surface area contributed by atoms with Crippen molar-refractivity contribution >= 4 is 11.3 Å². The van der Waals surface area contributed by atoms with E-state index in [1.54, 1.807) is 11.3 Å². The maximum atomic E-state index is 6.19. The maximum Gasteiger partial charge on any atom is 0.190 e. The van der Waals surface area contributed by atoms with E-state index in [2.05, 4.69) is 11.4 Å². The van der Waals surface area contributed by atoms with Gasteiger partial charge in [-0.2, -0.15) is 11.3 Å². The van der Waals surface area contributed by atoms with E-state index >= 15 is 0 Å². The number of hydrogen-bond donors (Lipinski definition) is 0. The molecular weight excluding hydrogens is 332 g/mol. The number of rotatable bonds is 4. The molecule has 4 heterocycles. The number of fused-ring (bicyclic) bond motifs is 1. The molecule has 0 saturated carbocycles. The zero-order valence-electron chi connectivity index (χ0n) is 14.4. The largest absolute Gasteiger partial charge is 0.368 e. The van der Waals surface area contributed by atoms with Gasteiger partial charge in [-0.25, -0.2) is 0 Å². The molecule has 3 saturated heterocycles. The summed E-state index contributed by atoms with van der Waals surface area (Å²) in [5, 5.41) is 4.12.